The Balaban J connectivity index is 2.33. The van der Waals surface area contributed by atoms with Gasteiger partial charge in [0.15, 0.2) is 6.21 Å². The molecule has 1 unspecified atom stereocenters. The molecule has 0 spiro atoms. The van der Waals surface area contributed by atoms with Crippen molar-refractivity contribution >= 4 is 34.5 Å². The number of thioether (sulfide) groups is 1. The number of hydrogen-bond acceptors (Lipinski definition) is 3. The molecule has 0 aromatic heterocycles. The molecule has 102 valence electrons. The summed E-state index contributed by atoms with van der Waals surface area (Å²) in [6.45, 7) is 3.90. The van der Waals surface area contributed by atoms with E-state index in [0.717, 1.165) is 4.74 Å². The lowest BCUT2D eigenvalue weighted by atomic mass is 10.0. The molecule has 1 saturated heterocycles. The molecule has 3 nitrogen and oxygen atoms in total. The maximum absolute atomic E-state index is 13.5. The van der Waals surface area contributed by atoms with Gasteiger partial charge in [-0.1, -0.05) is 24.4 Å². The highest BCUT2D eigenvalue weighted by molar-refractivity contribution is 8.23. The van der Waals surface area contributed by atoms with Crippen molar-refractivity contribution in [3.05, 3.63) is 40.9 Å². The molecule has 1 aliphatic heterocycles. The zero-order valence-corrected chi connectivity index (χ0v) is 12.6. The first-order valence-corrected chi connectivity index (χ1v) is 7.12. The number of hydrogen-bond donors (Lipinski definition) is 0. The van der Waals surface area contributed by atoms with Crippen LogP contribution in [0.25, 0.3) is 0 Å². The van der Waals surface area contributed by atoms with Crippen molar-refractivity contribution in [3.63, 3.8) is 0 Å². The van der Waals surface area contributed by atoms with Crippen molar-refractivity contribution in [2.75, 3.05) is 7.05 Å². The van der Waals surface area contributed by atoms with Crippen molar-refractivity contribution in [2.24, 2.45) is 0 Å². The molecule has 0 N–H and O–H groups in total. The second kappa shape index (κ2) is 5.09. The number of halogens is 1. The van der Waals surface area contributed by atoms with E-state index in [-0.39, 0.29) is 10.9 Å². The van der Waals surface area contributed by atoms with Gasteiger partial charge in [0.1, 0.15) is 15.7 Å². The van der Waals surface area contributed by atoms with Gasteiger partial charge in [0.2, 0.25) is 5.37 Å². The van der Waals surface area contributed by atoms with Gasteiger partial charge in [-0.25, -0.2) is 4.39 Å². The largest absolute Gasteiger partial charge is 0.623 e. The highest BCUT2D eigenvalue weighted by Gasteiger charge is 2.48. The molecule has 0 radical (unpaired) electrons. The van der Waals surface area contributed by atoms with Crippen molar-refractivity contribution in [1.29, 1.82) is 0 Å². The summed E-state index contributed by atoms with van der Waals surface area (Å²) in [5.74, 6) is -0.403. The number of nitrogens with zero attached hydrogens (tertiary/aromatic N) is 2. The second-order valence-corrected chi connectivity index (χ2v) is 6.67. The predicted molar refractivity (Wildman–Crippen MR) is 81.0 cm³/mol. The molecule has 0 saturated carbocycles. The van der Waals surface area contributed by atoms with Gasteiger partial charge >= 0.3 is 0 Å². The number of thiocarbonyl (C=S) groups is 1. The first-order valence-electron chi connectivity index (χ1n) is 5.83. The fraction of sp³-hybridized carbons (Fsp3) is 0.385. The topological polar surface area (TPSA) is 29.3 Å². The van der Waals surface area contributed by atoms with E-state index in [1.165, 1.54) is 24.0 Å². The molecular weight excluding hydrogens is 283 g/mol. The van der Waals surface area contributed by atoms with Gasteiger partial charge in [0.25, 0.3) is 0 Å². The molecule has 1 fully saturated rings. The minimum Gasteiger partial charge on any atom is -0.623 e. The van der Waals surface area contributed by atoms with Crippen LogP contribution < -0.4 is 0 Å². The Morgan fingerprint density at radius 3 is 2.63 bits per heavy atom. The second-order valence-electron chi connectivity index (χ2n) is 4.96. The van der Waals surface area contributed by atoms with Gasteiger partial charge in [-0.2, -0.15) is 4.74 Å². The van der Waals surface area contributed by atoms with Crippen LogP contribution in [0.4, 0.5) is 4.39 Å². The molecule has 0 bridgehead atoms. The summed E-state index contributed by atoms with van der Waals surface area (Å²) in [5, 5.41) is 11.9. The average molecular weight is 298 g/mol. The van der Waals surface area contributed by atoms with Crippen LogP contribution in [0.2, 0.25) is 0 Å². The molecule has 1 aromatic rings. The van der Waals surface area contributed by atoms with Crippen LogP contribution in [0.1, 0.15) is 19.4 Å². The van der Waals surface area contributed by atoms with E-state index < -0.39 is 11.4 Å². The van der Waals surface area contributed by atoms with Crippen LogP contribution in [0.3, 0.4) is 0 Å². The molecule has 0 amide bonds. The molecular formula is C13H15FN2OS2. The first kappa shape index (κ1) is 14.3. The molecule has 2 rings (SSSR count). The van der Waals surface area contributed by atoms with Gasteiger partial charge in [-0.05, 0) is 37.7 Å². The highest BCUT2D eigenvalue weighted by Crippen LogP contribution is 2.38. The van der Waals surface area contributed by atoms with E-state index in [2.05, 4.69) is 0 Å². The zero-order valence-electron chi connectivity index (χ0n) is 11.0. The molecule has 0 aliphatic carbocycles. The Bertz CT molecular complexity index is 545. The summed E-state index contributed by atoms with van der Waals surface area (Å²) >= 11 is 6.54. The lowest BCUT2D eigenvalue weighted by Crippen LogP contribution is -2.47. The summed E-state index contributed by atoms with van der Waals surface area (Å²) in [4.78, 5) is 1.90. The lowest BCUT2D eigenvalue weighted by Gasteiger charge is -2.30. The minimum atomic E-state index is -0.403. The fourth-order valence-corrected chi connectivity index (χ4v) is 3.57. The standard InChI is InChI=1S/C13H15FN2OS2/c1-13(2)11(19-12(18)15(13)3)16(17)8-9-6-4-5-7-10(9)14/h4-8,11H,1-3H3/b16-8+. The zero-order chi connectivity index (χ0) is 14.2. The number of likely N-dealkylation sites (N-methyl/N-ethyl adjacent to an activating group) is 1. The fourth-order valence-electron chi connectivity index (χ4n) is 1.87. The van der Waals surface area contributed by atoms with Crippen molar-refractivity contribution in [1.82, 2.24) is 4.90 Å². The van der Waals surface area contributed by atoms with Gasteiger partial charge in [-0.15, -0.1) is 0 Å². The third kappa shape index (κ3) is 2.60. The molecule has 1 aromatic carbocycles. The van der Waals surface area contributed by atoms with E-state index in [0.29, 0.717) is 4.32 Å². The van der Waals surface area contributed by atoms with Gasteiger partial charge in [0.05, 0.1) is 5.56 Å². The van der Waals surface area contributed by atoms with E-state index in [4.69, 9.17) is 12.2 Å². The Hall–Kier alpha value is -1.14. The monoisotopic (exact) mass is 298 g/mol. The third-order valence-corrected chi connectivity index (χ3v) is 5.40. The first-order chi connectivity index (χ1) is 8.84. The van der Waals surface area contributed by atoms with Crippen LogP contribution in [-0.4, -0.2) is 38.1 Å². The van der Waals surface area contributed by atoms with E-state index in [1.807, 2.05) is 25.8 Å². The Labute approximate surface area is 121 Å². The Kier molecular flexibility index (Phi) is 3.82. The average Bonchev–Trinajstić information content (AvgIpc) is 2.56. The lowest BCUT2D eigenvalue weighted by molar-refractivity contribution is -0.480. The van der Waals surface area contributed by atoms with E-state index >= 15 is 0 Å². The maximum atomic E-state index is 13.5. The number of hydroxylamine groups is 1. The normalized spacial score (nSPS) is 22.9. The summed E-state index contributed by atoms with van der Waals surface area (Å²) in [5.41, 5.74) is -0.111. The van der Waals surface area contributed by atoms with Crippen molar-refractivity contribution in [3.8, 4) is 0 Å². The van der Waals surface area contributed by atoms with Crippen LogP contribution >= 0.6 is 24.0 Å². The summed E-state index contributed by atoms with van der Waals surface area (Å²) in [6.07, 6.45) is 1.29. The highest BCUT2D eigenvalue weighted by atomic mass is 32.2. The Morgan fingerprint density at radius 2 is 2.11 bits per heavy atom. The molecule has 1 aliphatic rings. The van der Waals surface area contributed by atoms with E-state index in [9.17, 15) is 9.60 Å². The summed E-state index contributed by atoms with van der Waals surface area (Å²) in [6, 6.07) is 6.21. The predicted octanol–water partition coefficient (Wildman–Crippen LogP) is 2.82. The Morgan fingerprint density at radius 1 is 1.47 bits per heavy atom. The number of rotatable bonds is 2. The van der Waals surface area contributed by atoms with E-state index in [1.54, 1.807) is 18.2 Å². The van der Waals surface area contributed by atoms with Gasteiger partial charge < -0.3 is 10.1 Å². The molecule has 19 heavy (non-hydrogen) atoms. The molecule has 1 atom stereocenters. The van der Waals surface area contributed by atoms with Crippen molar-refractivity contribution < 1.29 is 9.13 Å². The quantitative estimate of drug-likeness (QED) is 0.276. The third-order valence-electron chi connectivity index (χ3n) is 3.36. The van der Waals surface area contributed by atoms with Crippen LogP contribution in [0.15, 0.2) is 24.3 Å². The summed E-state index contributed by atoms with van der Waals surface area (Å²) < 4.78 is 15.0. The minimum absolute atomic E-state index is 0.286. The van der Waals surface area contributed by atoms with Crippen LogP contribution in [-0.2, 0) is 0 Å². The van der Waals surface area contributed by atoms with Crippen LogP contribution in [0, 0.1) is 11.0 Å². The van der Waals surface area contributed by atoms with Gasteiger partial charge in [-0.3, -0.25) is 0 Å². The number of benzene rings is 1. The maximum Gasteiger partial charge on any atom is 0.238 e. The van der Waals surface area contributed by atoms with Gasteiger partial charge in [0, 0.05) is 7.05 Å². The smallest absolute Gasteiger partial charge is 0.238 e. The molecule has 1 heterocycles. The van der Waals surface area contributed by atoms with Crippen molar-refractivity contribution in [2.45, 2.75) is 24.8 Å². The molecule has 6 heteroatoms. The SMILES string of the molecule is CN1C(=S)SC(/[N+]([O-])=C\c2ccccc2F)C1(C)C. The van der Waals surface area contributed by atoms with Crippen LogP contribution in [0.5, 0.6) is 0 Å². The summed E-state index contributed by atoms with van der Waals surface area (Å²) in [7, 11) is 1.87.